The van der Waals surface area contributed by atoms with Crippen molar-refractivity contribution in [2.24, 2.45) is 11.1 Å². The maximum absolute atomic E-state index is 12.9. The van der Waals surface area contributed by atoms with Crippen molar-refractivity contribution in [2.45, 2.75) is 30.9 Å². The minimum Gasteiger partial charge on any atom is -0.437 e. The molecule has 1 aliphatic heterocycles. The maximum Gasteiger partial charge on any atom is 0.401 e. The van der Waals surface area contributed by atoms with E-state index in [2.05, 4.69) is 9.97 Å². The van der Waals surface area contributed by atoms with Crippen LogP contribution in [0.4, 0.5) is 17.6 Å². The standard InChI is InChI=1S/C20H20F4N4O2/c21-13-1-4-16(27-9-13)30-14-2-3-15(26-10-14)19(17(25)29)11-18(19)5-7-28(8-6-18)12-20(22,23)24/h1-4,9-10H,5-8,11-12H2,(H2,25,29). The van der Waals surface area contributed by atoms with Gasteiger partial charge in [0.25, 0.3) is 0 Å². The molecule has 2 fully saturated rings. The molecule has 2 aliphatic rings. The van der Waals surface area contributed by atoms with E-state index in [4.69, 9.17) is 10.5 Å². The van der Waals surface area contributed by atoms with E-state index in [1.807, 2.05) is 0 Å². The molecule has 1 saturated heterocycles. The molecular formula is C20H20F4N4O2. The fourth-order valence-electron chi connectivity index (χ4n) is 4.53. The molecule has 1 aliphatic carbocycles. The summed E-state index contributed by atoms with van der Waals surface area (Å²) in [6, 6.07) is 5.84. The van der Waals surface area contributed by atoms with Gasteiger partial charge in [-0.3, -0.25) is 14.7 Å². The van der Waals surface area contributed by atoms with Gasteiger partial charge in [-0.15, -0.1) is 0 Å². The summed E-state index contributed by atoms with van der Waals surface area (Å²) in [6.07, 6.45) is -0.418. The number of piperidine rings is 1. The summed E-state index contributed by atoms with van der Waals surface area (Å²) >= 11 is 0. The highest BCUT2D eigenvalue weighted by Gasteiger charge is 2.72. The van der Waals surface area contributed by atoms with Crippen LogP contribution in [0.1, 0.15) is 25.0 Å². The van der Waals surface area contributed by atoms with Crippen LogP contribution in [-0.4, -0.2) is 46.6 Å². The lowest BCUT2D eigenvalue weighted by atomic mass is 9.81. The van der Waals surface area contributed by atoms with Gasteiger partial charge < -0.3 is 10.5 Å². The van der Waals surface area contributed by atoms with Crippen LogP contribution in [0.15, 0.2) is 36.7 Å². The number of nitrogens with zero attached hydrogens (tertiary/aromatic N) is 3. The highest BCUT2D eigenvalue weighted by atomic mass is 19.4. The molecule has 1 saturated carbocycles. The molecule has 0 aromatic carbocycles. The van der Waals surface area contributed by atoms with Gasteiger partial charge in [0, 0.05) is 6.07 Å². The van der Waals surface area contributed by atoms with Gasteiger partial charge in [-0.25, -0.2) is 9.37 Å². The van der Waals surface area contributed by atoms with E-state index in [1.54, 1.807) is 12.1 Å². The Hall–Kier alpha value is -2.75. The fraction of sp³-hybridized carbons (Fsp3) is 0.450. The van der Waals surface area contributed by atoms with Gasteiger partial charge in [0.15, 0.2) is 0 Å². The molecule has 3 heterocycles. The first-order valence-corrected chi connectivity index (χ1v) is 9.49. The van der Waals surface area contributed by atoms with Crippen LogP contribution in [0.5, 0.6) is 11.6 Å². The Labute approximate surface area is 170 Å². The monoisotopic (exact) mass is 424 g/mol. The number of nitrogens with two attached hydrogens (primary N) is 1. The van der Waals surface area contributed by atoms with Crippen LogP contribution in [0.3, 0.4) is 0 Å². The van der Waals surface area contributed by atoms with E-state index >= 15 is 0 Å². The minimum absolute atomic E-state index is 0.190. The first kappa shape index (κ1) is 20.5. The summed E-state index contributed by atoms with van der Waals surface area (Å²) in [4.78, 5) is 21.9. The molecule has 160 valence electrons. The smallest absolute Gasteiger partial charge is 0.401 e. The lowest BCUT2D eigenvalue weighted by Crippen LogP contribution is -2.44. The molecule has 0 radical (unpaired) electrons. The number of ether oxygens (including phenoxy) is 1. The molecule has 2 N–H and O–H groups in total. The molecule has 4 rings (SSSR count). The maximum atomic E-state index is 12.9. The molecule has 10 heteroatoms. The first-order chi connectivity index (χ1) is 14.1. The molecule has 30 heavy (non-hydrogen) atoms. The third kappa shape index (κ3) is 3.71. The zero-order valence-corrected chi connectivity index (χ0v) is 16.0. The number of hydrogen-bond donors (Lipinski definition) is 1. The van der Waals surface area contributed by atoms with E-state index in [1.165, 1.54) is 23.2 Å². The second-order valence-electron chi connectivity index (χ2n) is 7.91. The lowest BCUT2D eigenvalue weighted by molar-refractivity contribution is -0.149. The first-order valence-electron chi connectivity index (χ1n) is 9.49. The van der Waals surface area contributed by atoms with Crippen molar-refractivity contribution >= 4 is 5.91 Å². The van der Waals surface area contributed by atoms with Gasteiger partial charge in [0.05, 0.1) is 30.0 Å². The number of primary amides is 1. The van der Waals surface area contributed by atoms with Crippen LogP contribution in [-0.2, 0) is 10.2 Å². The summed E-state index contributed by atoms with van der Waals surface area (Å²) < 4.78 is 56.4. The number of carbonyl (C=O) groups is 1. The molecule has 2 aromatic rings. The van der Waals surface area contributed by atoms with Crippen molar-refractivity contribution in [3.05, 3.63) is 48.2 Å². The topological polar surface area (TPSA) is 81.3 Å². The van der Waals surface area contributed by atoms with Crippen molar-refractivity contribution in [1.82, 2.24) is 14.9 Å². The molecule has 2 aromatic heterocycles. The van der Waals surface area contributed by atoms with Gasteiger partial charge in [-0.2, -0.15) is 13.2 Å². The second kappa shape index (κ2) is 7.19. The highest BCUT2D eigenvalue weighted by Crippen LogP contribution is 2.69. The molecule has 1 spiro atoms. The Morgan fingerprint density at radius 1 is 1.13 bits per heavy atom. The van der Waals surface area contributed by atoms with E-state index < -0.39 is 35.3 Å². The van der Waals surface area contributed by atoms with Crippen LogP contribution in [0, 0.1) is 11.2 Å². The van der Waals surface area contributed by atoms with Crippen molar-refractivity contribution in [3.8, 4) is 11.6 Å². The average molecular weight is 424 g/mol. The van der Waals surface area contributed by atoms with Gasteiger partial charge in [0.1, 0.15) is 11.6 Å². The summed E-state index contributed by atoms with van der Waals surface area (Å²) in [6.45, 7) is -0.438. The Balaban J connectivity index is 1.48. The lowest BCUT2D eigenvalue weighted by Gasteiger charge is -2.35. The molecule has 1 amide bonds. The molecule has 1 atom stereocenters. The van der Waals surface area contributed by atoms with Gasteiger partial charge in [-0.1, -0.05) is 0 Å². The van der Waals surface area contributed by atoms with Crippen molar-refractivity contribution < 1.29 is 27.1 Å². The summed E-state index contributed by atoms with van der Waals surface area (Å²) in [5.41, 5.74) is 4.77. The van der Waals surface area contributed by atoms with Crippen LogP contribution in [0.2, 0.25) is 0 Å². The molecule has 6 nitrogen and oxygen atoms in total. The molecular weight excluding hydrogens is 404 g/mol. The predicted octanol–water partition coefficient (Wildman–Crippen LogP) is 3.18. The third-order valence-corrected chi connectivity index (χ3v) is 6.12. The molecule has 1 unspecified atom stereocenters. The van der Waals surface area contributed by atoms with Crippen LogP contribution in [0.25, 0.3) is 0 Å². The number of carbonyl (C=O) groups excluding carboxylic acids is 1. The zero-order chi connectivity index (χ0) is 21.6. The van der Waals surface area contributed by atoms with E-state index in [-0.39, 0.29) is 19.0 Å². The number of amides is 1. The number of likely N-dealkylation sites (tertiary alicyclic amines) is 1. The number of hydrogen-bond acceptors (Lipinski definition) is 5. The summed E-state index contributed by atoms with van der Waals surface area (Å²) in [5, 5.41) is 0. The van der Waals surface area contributed by atoms with Crippen molar-refractivity contribution in [2.75, 3.05) is 19.6 Å². The Bertz CT molecular complexity index is 925. The van der Waals surface area contributed by atoms with E-state index in [0.717, 1.165) is 6.20 Å². The van der Waals surface area contributed by atoms with Crippen molar-refractivity contribution in [1.29, 1.82) is 0 Å². The quantitative estimate of drug-likeness (QED) is 0.746. The summed E-state index contributed by atoms with van der Waals surface area (Å²) in [7, 11) is 0. The number of halogens is 4. The highest BCUT2D eigenvalue weighted by molar-refractivity contribution is 5.91. The fourth-order valence-corrected chi connectivity index (χ4v) is 4.53. The minimum atomic E-state index is -4.24. The number of alkyl halides is 3. The number of aromatic nitrogens is 2. The SMILES string of the molecule is NC(=O)C1(c2ccc(Oc3ccc(F)cn3)cn2)CC12CCN(CC(F)(F)F)CC2. The van der Waals surface area contributed by atoms with Gasteiger partial charge in [-0.05, 0) is 56.0 Å². The van der Waals surface area contributed by atoms with Gasteiger partial charge in [0.2, 0.25) is 11.8 Å². The average Bonchev–Trinajstić information content (AvgIpc) is 3.35. The Morgan fingerprint density at radius 2 is 1.87 bits per heavy atom. The normalized spacial score (nSPS) is 23.3. The number of pyridine rings is 2. The van der Waals surface area contributed by atoms with E-state index in [9.17, 15) is 22.4 Å². The van der Waals surface area contributed by atoms with Crippen LogP contribution < -0.4 is 10.5 Å². The van der Waals surface area contributed by atoms with Gasteiger partial charge >= 0.3 is 6.18 Å². The predicted molar refractivity (Wildman–Crippen MR) is 98.2 cm³/mol. The Morgan fingerprint density at radius 3 is 2.40 bits per heavy atom. The third-order valence-electron chi connectivity index (χ3n) is 6.12. The van der Waals surface area contributed by atoms with Crippen LogP contribution >= 0.6 is 0 Å². The zero-order valence-electron chi connectivity index (χ0n) is 16.0. The number of rotatable bonds is 5. The Kier molecular flexibility index (Phi) is 4.92. The van der Waals surface area contributed by atoms with Crippen molar-refractivity contribution in [3.63, 3.8) is 0 Å². The molecule has 0 bridgehead atoms. The van der Waals surface area contributed by atoms with E-state index in [0.29, 0.717) is 30.7 Å². The largest absolute Gasteiger partial charge is 0.437 e. The summed E-state index contributed by atoms with van der Waals surface area (Å²) in [5.74, 6) is -0.463. The second-order valence-corrected chi connectivity index (χ2v) is 7.91.